The fourth-order valence-electron chi connectivity index (χ4n) is 1.50. The second-order valence-corrected chi connectivity index (χ2v) is 4.04. The number of hydrogen-bond acceptors (Lipinski definition) is 4. The molecule has 0 fully saturated rings. The van der Waals surface area contributed by atoms with Gasteiger partial charge in [0.1, 0.15) is 0 Å². The van der Waals surface area contributed by atoms with Gasteiger partial charge in [-0.3, -0.25) is 0 Å². The topological polar surface area (TPSA) is 49.8 Å². The molecule has 0 bridgehead atoms. The number of nitrogens with one attached hydrogen (secondary N) is 2. The predicted molar refractivity (Wildman–Crippen MR) is 64.1 cm³/mol. The predicted octanol–water partition coefficient (Wildman–Crippen LogP) is 2.50. The van der Waals surface area contributed by atoms with E-state index in [1.807, 2.05) is 0 Å². The third-order valence-corrected chi connectivity index (χ3v) is 2.53. The molecule has 16 heavy (non-hydrogen) atoms. The highest BCUT2D eigenvalue weighted by Crippen LogP contribution is 2.17. The molecule has 2 N–H and O–H groups in total. The fraction of sp³-hybridized carbons (Fsp3) is 0.636. The van der Waals surface area contributed by atoms with Crippen molar-refractivity contribution in [1.82, 2.24) is 9.97 Å². The highest BCUT2D eigenvalue weighted by Gasteiger charge is 2.14. The van der Waals surface area contributed by atoms with E-state index in [-0.39, 0.29) is 11.9 Å². The van der Waals surface area contributed by atoms with E-state index in [1.54, 1.807) is 7.05 Å². The molecule has 0 aliphatic heterocycles. The van der Waals surface area contributed by atoms with E-state index in [0.29, 0.717) is 11.9 Å². The van der Waals surface area contributed by atoms with Gasteiger partial charge in [0.2, 0.25) is 5.95 Å². The summed E-state index contributed by atoms with van der Waals surface area (Å²) >= 11 is 0. The van der Waals surface area contributed by atoms with Crippen LogP contribution in [0.2, 0.25) is 0 Å². The van der Waals surface area contributed by atoms with Crippen molar-refractivity contribution in [2.75, 3.05) is 17.7 Å². The Hall–Kier alpha value is -1.39. The SMILES string of the molecule is CCC(Nc1nc(NC)ncc1F)C(C)C. The summed E-state index contributed by atoms with van der Waals surface area (Å²) in [5.74, 6) is 0.693. The Morgan fingerprint density at radius 1 is 1.44 bits per heavy atom. The summed E-state index contributed by atoms with van der Waals surface area (Å²) in [6, 6.07) is 0.217. The maximum Gasteiger partial charge on any atom is 0.224 e. The van der Waals surface area contributed by atoms with E-state index >= 15 is 0 Å². The van der Waals surface area contributed by atoms with Crippen LogP contribution in [0.3, 0.4) is 0 Å². The number of hydrogen-bond donors (Lipinski definition) is 2. The zero-order valence-corrected chi connectivity index (χ0v) is 10.2. The standard InChI is InChI=1S/C11H19FN4/c1-5-9(7(2)3)15-10-8(12)6-14-11(13-4)16-10/h6-7,9H,5H2,1-4H3,(H2,13,14,15,16). The van der Waals surface area contributed by atoms with Gasteiger partial charge in [0.15, 0.2) is 11.6 Å². The second-order valence-electron chi connectivity index (χ2n) is 4.04. The zero-order valence-electron chi connectivity index (χ0n) is 10.2. The number of halogens is 1. The van der Waals surface area contributed by atoms with Gasteiger partial charge in [-0.15, -0.1) is 0 Å². The lowest BCUT2D eigenvalue weighted by Crippen LogP contribution is -2.26. The number of nitrogens with zero attached hydrogens (tertiary/aromatic N) is 2. The van der Waals surface area contributed by atoms with E-state index in [1.165, 1.54) is 6.20 Å². The van der Waals surface area contributed by atoms with Crippen LogP contribution in [-0.2, 0) is 0 Å². The highest BCUT2D eigenvalue weighted by molar-refractivity contribution is 5.41. The molecule has 1 unspecified atom stereocenters. The van der Waals surface area contributed by atoms with Crippen molar-refractivity contribution in [1.29, 1.82) is 0 Å². The molecule has 0 aliphatic rings. The van der Waals surface area contributed by atoms with Crippen LogP contribution < -0.4 is 10.6 Å². The molecule has 0 aliphatic carbocycles. The molecular weight excluding hydrogens is 207 g/mol. The van der Waals surface area contributed by atoms with Crippen molar-refractivity contribution in [3.05, 3.63) is 12.0 Å². The van der Waals surface area contributed by atoms with Gasteiger partial charge in [0, 0.05) is 13.1 Å². The first-order chi connectivity index (χ1) is 7.58. The van der Waals surface area contributed by atoms with Crippen molar-refractivity contribution < 1.29 is 4.39 Å². The molecule has 1 aromatic rings. The maximum atomic E-state index is 13.5. The molecule has 90 valence electrons. The van der Waals surface area contributed by atoms with Crippen LogP contribution in [0.1, 0.15) is 27.2 Å². The van der Waals surface area contributed by atoms with E-state index in [0.717, 1.165) is 6.42 Å². The molecule has 0 radical (unpaired) electrons. The average Bonchev–Trinajstić information content (AvgIpc) is 2.27. The Kier molecular flexibility index (Phi) is 4.46. The average molecular weight is 226 g/mol. The molecule has 0 saturated carbocycles. The summed E-state index contributed by atoms with van der Waals surface area (Å²) in [6.07, 6.45) is 2.10. The Bertz CT molecular complexity index is 341. The molecule has 1 atom stereocenters. The van der Waals surface area contributed by atoms with E-state index < -0.39 is 5.82 Å². The number of rotatable bonds is 5. The van der Waals surface area contributed by atoms with E-state index in [9.17, 15) is 4.39 Å². The molecule has 0 saturated heterocycles. The van der Waals surface area contributed by atoms with Crippen LogP contribution in [0.25, 0.3) is 0 Å². The third-order valence-electron chi connectivity index (χ3n) is 2.53. The first-order valence-electron chi connectivity index (χ1n) is 5.55. The number of anilines is 2. The Labute approximate surface area is 95.7 Å². The minimum atomic E-state index is -0.418. The van der Waals surface area contributed by atoms with Gasteiger partial charge in [-0.25, -0.2) is 9.37 Å². The fourth-order valence-corrected chi connectivity index (χ4v) is 1.50. The zero-order chi connectivity index (χ0) is 12.1. The van der Waals surface area contributed by atoms with Gasteiger partial charge in [0.05, 0.1) is 6.20 Å². The first kappa shape index (κ1) is 12.7. The van der Waals surface area contributed by atoms with Gasteiger partial charge >= 0.3 is 0 Å². The summed E-state index contributed by atoms with van der Waals surface area (Å²) in [6.45, 7) is 6.26. The van der Waals surface area contributed by atoms with Crippen LogP contribution in [0, 0.1) is 11.7 Å². The van der Waals surface area contributed by atoms with Crippen LogP contribution in [0.15, 0.2) is 6.20 Å². The Morgan fingerprint density at radius 3 is 2.62 bits per heavy atom. The number of aromatic nitrogens is 2. The van der Waals surface area contributed by atoms with Crippen molar-refractivity contribution in [3.63, 3.8) is 0 Å². The summed E-state index contributed by atoms with van der Waals surface area (Å²) in [4.78, 5) is 7.85. The minimum absolute atomic E-state index is 0.217. The molecule has 4 nitrogen and oxygen atoms in total. The lowest BCUT2D eigenvalue weighted by Gasteiger charge is -2.21. The van der Waals surface area contributed by atoms with Crippen LogP contribution in [0.5, 0.6) is 0 Å². The first-order valence-corrected chi connectivity index (χ1v) is 5.55. The van der Waals surface area contributed by atoms with E-state index in [2.05, 4.69) is 41.4 Å². The smallest absolute Gasteiger partial charge is 0.224 e. The lowest BCUT2D eigenvalue weighted by atomic mass is 10.0. The molecule has 1 aromatic heterocycles. The normalized spacial score (nSPS) is 12.6. The largest absolute Gasteiger partial charge is 0.364 e. The van der Waals surface area contributed by atoms with Crippen LogP contribution in [-0.4, -0.2) is 23.1 Å². The van der Waals surface area contributed by atoms with Gasteiger partial charge in [-0.05, 0) is 12.3 Å². The van der Waals surface area contributed by atoms with Gasteiger partial charge in [-0.1, -0.05) is 20.8 Å². The van der Waals surface area contributed by atoms with Gasteiger partial charge in [-0.2, -0.15) is 4.98 Å². The third kappa shape index (κ3) is 3.05. The molecule has 1 heterocycles. The molecule has 0 amide bonds. The summed E-state index contributed by atoms with van der Waals surface area (Å²) in [5.41, 5.74) is 0. The van der Waals surface area contributed by atoms with E-state index in [4.69, 9.17) is 0 Å². The van der Waals surface area contributed by atoms with Crippen molar-refractivity contribution >= 4 is 11.8 Å². The molecular formula is C11H19FN4. The van der Waals surface area contributed by atoms with Crippen molar-refractivity contribution in [2.45, 2.75) is 33.2 Å². The van der Waals surface area contributed by atoms with Gasteiger partial charge < -0.3 is 10.6 Å². The molecule has 0 aromatic carbocycles. The van der Waals surface area contributed by atoms with Gasteiger partial charge in [0.25, 0.3) is 0 Å². The maximum absolute atomic E-state index is 13.5. The second kappa shape index (κ2) is 5.63. The summed E-state index contributed by atoms with van der Waals surface area (Å²) < 4.78 is 13.5. The Balaban J connectivity index is 2.86. The summed E-state index contributed by atoms with van der Waals surface area (Å²) in [5, 5.41) is 5.89. The monoisotopic (exact) mass is 226 g/mol. The van der Waals surface area contributed by atoms with Crippen molar-refractivity contribution in [2.24, 2.45) is 5.92 Å². The lowest BCUT2D eigenvalue weighted by molar-refractivity contribution is 0.504. The highest BCUT2D eigenvalue weighted by atomic mass is 19.1. The minimum Gasteiger partial charge on any atom is -0.364 e. The molecule has 0 spiro atoms. The molecule has 1 rings (SSSR count). The molecule has 5 heteroatoms. The van der Waals surface area contributed by atoms with Crippen LogP contribution in [0.4, 0.5) is 16.2 Å². The Morgan fingerprint density at radius 2 is 2.12 bits per heavy atom. The van der Waals surface area contributed by atoms with Crippen LogP contribution >= 0.6 is 0 Å². The van der Waals surface area contributed by atoms with Crippen molar-refractivity contribution in [3.8, 4) is 0 Å². The summed E-state index contributed by atoms with van der Waals surface area (Å²) in [7, 11) is 1.71. The quantitative estimate of drug-likeness (QED) is 0.810.